The topological polar surface area (TPSA) is 68.7 Å². The second kappa shape index (κ2) is 8.35. The Morgan fingerprint density at radius 2 is 1.80 bits per heavy atom. The van der Waals surface area contributed by atoms with Crippen LogP contribution in [0.5, 0.6) is 11.5 Å². The zero-order chi connectivity index (χ0) is 17.6. The van der Waals surface area contributed by atoms with Crippen LogP contribution in [0.3, 0.4) is 0 Å². The van der Waals surface area contributed by atoms with E-state index in [4.69, 9.17) is 14.2 Å². The lowest BCUT2D eigenvalue weighted by Crippen LogP contribution is -2.39. The Labute approximate surface area is 152 Å². The zero-order valence-corrected chi connectivity index (χ0v) is 15.6. The molecule has 1 aliphatic heterocycles. The van der Waals surface area contributed by atoms with Crippen molar-refractivity contribution in [1.29, 1.82) is 0 Å². The molecular weight excluding hydrogens is 340 g/mol. The molecule has 1 aromatic heterocycles. The van der Waals surface area contributed by atoms with Crippen LogP contribution in [0.1, 0.15) is 18.7 Å². The quantitative estimate of drug-likeness (QED) is 0.810. The molecule has 1 fully saturated rings. The van der Waals surface area contributed by atoms with Crippen molar-refractivity contribution in [2.45, 2.75) is 25.5 Å². The first-order chi connectivity index (χ1) is 12.2. The van der Waals surface area contributed by atoms with Crippen LogP contribution in [0.15, 0.2) is 18.2 Å². The molecule has 8 heteroatoms. The largest absolute Gasteiger partial charge is 0.497 e. The normalized spacial score (nSPS) is 15.2. The van der Waals surface area contributed by atoms with Gasteiger partial charge in [-0.1, -0.05) is 0 Å². The lowest BCUT2D eigenvalue weighted by Gasteiger charge is -2.32. The molecule has 0 radical (unpaired) electrons. The van der Waals surface area contributed by atoms with Crippen molar-refractivity contribution in [1.82, 2.24) is 9.36 Å². The second-order valence-corrected chi connectivity index (χ2v) is 6.66. The Kier molecular flexibility index (Phi) is 5.93. The van der Waals surface area contributed by atoms with Gasteiger partial charge in [-0.2, -0.15) is 4.37 Å². The van der Waals surface area contributed by atoms with Gasteiger partial charge in [0.1, 0.15) is 18.1 Å². The maximum absolute atomic E-state index is 5.33. The van der Waals surface area contributed by atoms with E-state index in [0.29, 0.717) is 12.6 Å². The van der Waals surface area contributed by atoms with E-state index in [1.54, 1.807) is 21.3 Å². The molecule has 1 aliphatic rings. The van der Waals surface area contributed by atoms with E-state index in [1.807, 2.05) is 18.2 Å². The van der Waals surface area contributed by atoms with Gasteiger partial charge in [0, 0.05) is 61.7 Å². The molecule has 0 atom stereocenters. The third-order valence-electron chi connectivity index (χ3n) is 4.22. The summed E-state index contributed by atoms with van der Waals surface area (Å²) in [7, 11) is 4.99. The van der Waals surface area contributed by atoms with Gasteiger partial charge in [-0.25, -0.2) is 4.98 Å². The predicted molar refractivity (Wildman–Crippen MR) is 99.0 cm³/mol. The standard InChI is InChI=1S/C17H24N4O3S/c1-22-11-16-19-17(25-20-16)21-6-4-12(5-7-21)18-13-8-14(23-2)10-15(9-13)24-3/h8-10,12,18H,4-7,11H2,1-3H3. The summed E-state index contributed by atoms with van der Waals surface area (Å²) in [6, 6.07) is 6.29. The number of aromatic nitrogens is 2. The van der Waals surface area contributed by atoms with Crippen molar-refractivity contribution in [3.63, 3.8) is 0 Å². The Bertz CT molecular complexity index is 664. The van der Waals surface area contributed by atoms with E-state index >= 15 is 0 Å². The summed E-state index contributed by atoms with van der Waals surface area (Å²) in [5.74, 6) is 2.34. The number of rotatable bonds is 7. The highest BCUT2D eigenvalue weighted by atomic mass is 32.1. The molecule has 7 nitrogen and oxygen atoms in total. The summed E-state index contributed by atoms with van der Waals surface area (Å²) < 4.78 is 20.1. The van der Waals surface area contributed by atoms with Crippen LogP contribution in [0.4, 0.5) is 10.8 Å². The highest BCUT2D eigenvalue weighted by molar-refractivity contribution is 7.09. The molecule has 1 saturated heterocycles. The molecule has 0 spiro atoms. The fourth-order valence-corrected chi connectivity index (χ4v) is 3.63. The van der Waals surface area contributed by atoms with Gasteiger partial charge in [-0.15, -0.1) is 0 Å². The minimum atomic E-state index is 0.416. The molecule has 1 N–H and O–H groups in total. The molecule has 136 valence electrons. The lowest BCUT2D eigenvalue weighted by atomic mass is 10.0. The number of nitrogens with one attached hydrogen (secondary N) is 1. The Hall–Kier alpha value is -2.06. The number of methoxy groups -OCH3 is 3. The molecule has 0 aliphatic carbocycles. The summed E-state index contributed by atoms with van der Waals surface area (Å²) in [6.07, 6.45) is 2.08. The molecule has 0 bridgehead atoms. The smallest absolute Gasteiger partial charge is 0.205 e. The number of benzene rings is 1. The molecule has 0 amide bonds. The third-order valence-corrected chi connectivity index (χ3v) is 5.03. The van der Waals surface area contributed by atoms with Crippen LogP contribution in [0.25, 0.3) is 0 Å². The molecule has 25 heavy (non-hydrogen) atoms. The summed E-state index contributed by atoms with van der Waals surface area (Å²) in [4.78, 5) is 6.83. The molecule has 1 aromatic carbocycles. The summed E-state index contributed by atoms with van der Waals surface area (Å²) in [5, 5.41) is 4.57. The third kappa shape index (κ3) is 4.52. The summed E-state index contributed by atoms with van der Waals surface area (Å²) in [6.45, 7) is 2.38. The molecular formula is C17H24N4O3S. The van der Waals surface area contributed by atoms with Crippen LogP contribution in [0.2, 0.25) is 0 Å². The number of anilines is 2. The van der Waals surface area contributed by atoms with E-state index in [2.05, 4.69) is 19.6 Å². The van der Waals surface area contributed by atoms with Crippen LogP contribution in [0, 0.1) is 0 Å². The van der Waals surface area contributed by atoms with Gasteiger partial charge < -0.3 is 24.4 Å². The number of ether oxygens (including phenoxy) is 3. The average molecular weight is 364 g/mol. The molecule has 3 rings (SSSR count). The monoisotopic (exact) mass is 364 g/mol. The highest BCUT2D eigenvalue weighted by Crippen LogP contribution is 2.28. The number of piperidine rings is 1. The zero-order valence-electron chi connectivity index (χ0n) is 14.8. The van der Waals surface area contributed by atoms with E-state index in [0.717, 1.165) is 54.1 Å². The first-order valence-electron chi connectivity index (χ1n) is 8.28. The minimum Gasteiger partial charge on any atom is -0.497 e. The van der Waals surface area contributed by atoms with E-state index in [9.17, 15) is 0 Å². The summed E-state index contributed by atoms with van der Waals surface area (Å²) in [5.41, 5.74) is 1.02. The van der Waals surface area contributed by atoms with Crippen LogP contribution >= 0.6 is 11.5 Å². The number of hydrogen-bond acceptors (Lipinski definition) is 8. The molecule has 2 aromatic rings. The second-order valence-electron chi connectivity index (χ2n) is 5.93. The Morgan fingerprint density at radius 3 is 2.40 bits per heavy atom. The lowest BCUT2D eigenvalue weighted by molar-refractivity contribution is 0.179. The van der Waals surface area contributed by atoms with Crippen molar-refractivity contribution < 1.29 is 14.2 Å². The Balaban J connectivity index is 1.57. The van der Waals surface area contributed by atoms with Gasteiger partial charge in [-0.3, -0.25) is 0 Å². The first-order valence-corrected chi connectivity index (χ1v) is 9.05. The van der Waals surface area contributed by atoms with E-state index in [-0.39, 0.29) is 0 Å². The highest BCUT2D eigenvalue weighted by Gasteiger charge is 2.22. The molecule has 0 saturated carbocycles. The first kappa shape index (κ1) is 17.8. The minimum absolute atomic E-state index is 0.416. The van der Waals surface area contributed by atoms with Gasteiger partial charge in [0.15, 0.2) is 5.82 Å². The van der Waals surface area contributed by atoms with Gasteiger partial charge >= 0.3 is 0 Å². The number of hydrogen-bond donors (Lipinski definition) is 1. The fraction of sp³-hybridized carbons (Fsp3) is 0.529. The fourth-order valence-electron chi connectivity index (χ4n) is 2.90. The van der Waals surface area contributed by atoms with E-state index < -0.39 is 0 Å². The molecule has 0 unspecified atom stereocenters. The van der Waals surface area contributed by atoms with Crippen LogP contribution < -0.4 is 19.7 Å². The summed E-state index contributed by atoms with van der Waals surface area (Å²) >= 11 is 1.44. The van der Waals surface area contributed by atoms with Crippen LogP contribution in [-0.4, -0.2) is 49.8 Å². The van der Waals surface area contributed by atoms with E-state index in [1.165, 1.54) is 11.5 Å². The van der Waals surface area contributed by atoms with Crippen molar-refractivity contribution in [2.24, 2.45) is 0 Å². The average Bonchev–Trinajstić information content (AvgIpc) is 3.11. The van der Waals surface area contributed by atoms with Gasteiger partial charge in [0.2, 0.25) is 5.13 Å². The van der Waals surface area contributed by atoms with Crippen molar-refractivity contribution >= 4 is 22.4 Å². The number of nitrogens with zero attached hydrogens (tertiary/aromatic N) is 3. The van der Waals surface area contributed by atoms with Gasteiger partial charge in [0.25, 0.3) is 0 Å². The maximum atomic E-state index is 5.33. The SMILES string of the molecule is COCc1nsc(N2CCC(Nc3cc(OC)cc(OC)c3)CC2)n1. The van der Waals surface area contributed by atoms with Crippen LogP contribution in [-0.2, 0) is 11.3 Å². The van der Waals surface area contributed by atoms with Gasteiger partial charge in [-0.05, 0) is 12.8 Å². The molecule has 2 heterocycles. The van der Waals surface area contributed by atoms with Crippen molar-refractivity contribution in [3.8, 4) is 11.5 Å². The predicted octanol–water partition coefficient (Wildman–Crippen LogP) is 2.78. The van der Waals surface area contributed by atoms with Crippen molar-refractivity contribution in [3.05, 3.63) is 24.0 Å². The van der Waals surface area contributed by atoms with Gasteiger partial charge in [0.05, 0.1) is 14.2 Å². The van der Waals surface area contributed by atoms with Crippen molar-refractivity contribution in [2.75, 3.05) is 44.6 Å². The maximum Gasteiger partial charge on any atom is 0.205 e. The Morgan fingerprint density at radius 1 is 1.12 bits per heavy atom.